The van der Waals surface area contributed by atoms with Crippen molar-refractivity contribution in [1.82, 2.24) is 4.98 Å². The summed E-state index contributed by atoms with van der Waals surface area (Å²) in [5, 5.41) is 11.0. The first-order chi connectivity index (χ1) is 12.5. The molecule has 132 valence electrons. The fraction of sp³-hybridized carbons (Fsp3) is 0.250. The van der Waals surface area contributed by atoms with Gasteiger partial charge in [0.1, 0.15) is 6.17 Å². The largest absolute Gasteiger partial charge is 0.308 e. The lowest BCUT2D eigenvalue weighted by atomic mass is 9.94. The minimum atomic E-state index is -1.01. The average molecular weight is 367 g/mol. The van der Waals surface area contributed by atoms with Gasteiger partial charge in [-0.2, -0.15) is 0 Å². The first-order valence-electron chi connectivity index (χ1n) is 8.44. The number of hydrogen-bond acceptors (Lipinski definition) is 4. The number of halogens is 1. The minimum Gasteiger partial charge on any atom is -0.308 e. The van der Waals surface area contributed by atoms with E-state index in [1.165, 1.54) is 17.6 Å². The van der Waals surface area contributed by atoms with Gasteiger partial charge in [0.25, 0.3) is 0 Å². The first kappa shape index (κ1) is 16.8. The quantitative estimate of drug-likeness (QED) is 0.646. The number of aromatic nitrogens is 1. The van der Waals surface area contributed by atoms with E-state index in [1.54, 1.807) is 0 Å². The molecular formula is C20H18FN3OS. The molecule has 1 fully saturated rings. The van der Waals surface area contributed by atoms with Gasteiger partial charge in [-0.3, -0.25) is 4.79 Å². The van der Waals surface area contributed by atoms with Crippen molar-refractivity contribution in [2.45, 2.75) is 26.4 Å². The number of nitrogens with one attached hydrogen (secondary N) is 2. The summed E-state index contributed by atoms with van der Waals surface area (Å²) in [4.78, 5) is 16.3. The average Bonchev–Trinajstić information content (AvgIpc) is 3.22. The summed E-state index contributed by atoms with van der Waals surface area (Å²) in [6, 6.07) is 10.00. The van der Waals surface area contributed by atoms with Crippen LogP contribution in [0.1, 0.15) is 23.1 Å². The SMILES string of the molecule is Cc1ccc(-c2ccc3nc(NC(=O)[C@@H]4C[C@@H]4F)sc3c2)c(C=N)c1C. The van der Waals surface area contributed by atoms with E-state index < -0.39 is 12.1 Å². The van der Waals surface area contributed by atoms with Crippen LogP contribution in [-0.2, 0) is 4.79 Å². The van der Waals surface area contributed by atoms with Gasteiger partial charge in [-0.1, -0.05) is 29.5 Å². The Balaban J connectivity index is 1.69. The Labute approximate surface area is 154 Å². The molecule has 1 saturated carbocycles. The summed E-state index contributed by atoms with van der Waals surface area (Å²) in [5.41, 5.74) is 5.96. The summed E-state index contributed by atoms with van der Waals surface area (Å²) in [7, 11) is 0. The normalized spacial score (nSPS) is 18.7. The number of rotatable bonds is 4. The molecule has 1 aliphatic carbocycles. The second kappa shape index (κ2) is 6.29. The summed E-state index contributed by atoms with van der Waals surface area (Å²) < 4.78 is 14.0. The van der Waals surface area contributed by atoms with Crippen LogP contribution in [0.15, 0.2) is 30.3 Å². The van der Waals surface area contributed by atoms with Gasteiger partial charge in [0, 0.05) is 11.8 Å². The van der Waals surface area contributed by atoms with E-state index in [-0.39, 0.29) is 5.91 Å². The second-order valence-electron chi connectivity index (χ2n) is 6.66. The lowest BCUT2D eigenvalue weighted by molar-refractivity contribution is -0.117. The number of aryl methyl sites for hydroxylation is 1. The zero-order valence-electron chi connectivity index (χ0n) is 14.5. The molecule has 4 nitrogen and oxygen atoms in total. The molecule has 3 aromatic rings. The maximum Gasteiger partial charge on any atom is 0.232 e. The van der Waals surface area contributed by atoms with Crippen LogP contribution >= 0.6 is 11.3 Å². The molecule has 2 atom stereocenters. The summed E-state index contributed by atoms with van der Waals surface area (Å²) in [5.74, 6) is -0.819. The number of carbonyl (C=O) groups excluding carboxylic acids is 1. The summed E-state index contributed by atoms with van der Waals surface area (Å²) in [6.07, 6.45) is 0.684. The van der Waals surface area contributed by atoms with Gasteiger partial charge in [-0.15, -0.1) is 0 Å². The number of amides is 1. The molecule has 2 N–H and O–H groups in total. The molecule has 0 bridgehead atoms. The van der Waals surface area contributed by atoms with Gasteiger partial charge >= 0.3 is 0 Å². The van der Waals surface area contributed by atoms with Gasteiger partial charge in [-0.25, -0.2) is 9.37 Å². The summed E-state index contributed by atoms with van der Waals surface area (Å²) >= 11 is 1.38. The van der Waals surface area contributed by atoms with Crippen LogP contribution in [0.25, 0.3) is 21.3 Å². The van der Waals surface area contributed by atoms with Gasteiger partial charge in [0.2, 0.25) is 5.91 Å². The Hall–Kier alpha value is -2.60. The van der Waals surface area contributed by atoms with Gasteiger partial charge in [-0.05, 0) is 54.7 Å². The molecule has 26 heavy (non-hydrogen) atoms. The van der Waals surface area contributed by atoms with Gasteiger partial charge < -0.3 is 10.7 Å². The van der Waals surface area contributed by atoms with Crippen molar-refractivity contribution in [2.24, 2.45) is 5.92 Å². The van der Waals surface area contributed by atoms with Crippen molar-refractivity contribution in [3.8, 4) is 11.1 Å². The first-order valence-corrected chi connectivity index (χ1v) is 9.26. The molecule has 1 heterocycles. The van der Waals surface area contributed by atoms with Crippen LogP contribution < -0.4 is 5.32 Å². The smallest absolute Gasteiger partial charge is 0.232 e. The fourth-order valence-corrected chi connectivity index (χ4v) is 3.96. The monoisotopic (exact) mass is 367 g/mol. The zero-order valence-corrected chi connectivity index (χ0v) is 15.3. The Morgan fingerprint density at radius 1 is 1.35 bits per heavy atom. The van der Waals surface area contributed by atoms with Crippen LogP contribution in [0.5, 0.6) is 0 Å². The second-order valence-corrected chi connectivity index (χ2v) is 7.69. The highest BCUT2D eigenvalue weighted by atomic mass is 32.1. The van der Waals surface area contributed by atoms with Crippen LogP contribution in [-0.4, -0.2) is 23.3 Å². The third kappa shape index (κ3) is 2.90. The maximum absolute atomic E-state index is 13.0. The van der Waals surface area contributed by atoms with Crippen molar-refractivity contribution in [3.63, 3.8) is 0 Å². The topological polar surface area (TPSA) is 65.8 Å². The molecule has 1 aliphatic rings. The number of benzene rings is 2. The highest BCUT2D eigenvalue weighted by Gasteiger charge is 2.43. The predicted molar refractivity (Wildman–Crippen MR) is 104 cm³/mol. The van der Waals surface area contributed by atoms with Crippen molar-refractivity contribution in [3.05, 3.63) is 47.0 Å². The molecule has 1 aromatic heterocycles. The van der Waals surface area contributed by atoms with E-state index in [0.29, 0.717) is 11.6 Å². The predicted octanol–water partition coefficient (Wildman–Crippen LogP) is 4.87. The van der Waals surface area contributed by atoms with E-state index in [4.69, 9.17) is 5.41 Å². The Bertz CT molecular complexity index is 1040. The lowest BCUT2D eigenvalue weighted by Crippen LogP contribution is -2.14. The Morgan fingerprint density at radius 2 is 2.12 bits per heavy atom. The molecule has 1 amide bonds. The van der Waals surface area contributed by atoms with Crippen molar-refractivity contribution in [2.75, 3.05) is 5.32 Å². The molecule has 0 spiro atoms. The molecular weight excluding hydrogens is 349 g/mol. The van der Waals surface area contributed by atoms with Crippen LogP contribution in [0.4, 0.5) is 9.52 Å². The van der Waals surface area contributed by atoms with Crippen LogP contribution in [0, 0.1) is 25.2 Å². The Kier molecular flexibility index (Phi) is 4.07. The van der Waals surface area contributed by atoms with E-state index >= 15 is 0 Å². The van der Waals surface area contributed by atoms with E-state index in [0.717, 1.165) is 38.0 Å². The molecule has 0 saturated heterocycles. The zero-order chi connectivity index (χ0) is 18.4. The number of nitrogens with zero attached hydrogens (tertiary/aromatic N) is 1. The molecule has 0 radical (unpaired) electrons. The third-order valence-electron chi connectivity index (χ3n) is 4.91. The molecule has 2 aromatic carbocycles. The highest BCUT2D eigenvalue weighted by molar-refractivity contribution is 7.22. The third-order valence-corrected chi connectivity index (χ3v) is 5.84. The Morgan fingerprint density at radius 3 is 2.81 bits per heavy atom. The highest BCUT2D eigenvalue weighted by Crippen LogP contribution is 2.36. The van der Waals surface area contributed by atoms with Crippen molar-refractivity contribution in [1.29, 1.82) is 5.41 Å². The summed E-state index contributed by atoms with van der Waals surface area (Å²) in [6.45, 7) is 4.06. The van der Waals surface area contributed by atoms with Gasteiger partial charge in [0.15, 0.2) is 5.13 Å². The number of thiazole rings is 1. The minimum absolute atomic E-state index is 0.294. The number of carbonyl (C=O) groups is 1. The van der Waals surface area contributed by atoms with Crippen molar-refractivity contribution < 1.29 is 9.18 Å². The van der Waals surface area contributed by atoms with E-state index in [2.05, 4.69) is 16.4 Å². The van der Waals surface area contributed by atoms with Crippen LogP contribution in [0.3, 0.4) is 0 Å². The van der Waals surface area contributed by atoms with E-state index in [9.17, 15) is 9.18 Å². The number of hydrogen-bond donors (Lipinski definition) is 2. The van der Waals surface area contributed by atoms with Gasteiger partial charge in [0.05, 0.1) is 16.1 Å². The van der Waals surface area contributed by atoms with Crippen LogP contribution in [0.2, 0.25) is 0 Å². The number of fused-ring (bicyclic) bond motifs is 1. The maximum atomic E-state index is 13.0. The number of alkyl halides is 1. The van der Waals surface area contributed by atoms with Crippen molar-refractivity contribution >= 4 is 38.8 Å². The fourth-order valence-electron chi connectivity index (χ4n) is 3.05. The standard InChI is InChI=1S/C20H18FN3OS/c1-10-3-5-13(15(9-22)11(10)2)12-4-6-17-18(7-12)26-20(23-17)24-19(25)14-8-16(14)21/h3-7,9,14,16,22H,8H2,1-2H3,(H,23,24,25)/t14-,16+/m1/s1. The lowest BCUT2D eigenvalue weighted by Gasteiger charge is -2.11. The number of anilines is 1. The molecule has 4 rings (SSSR count). The van der Waals surface area contributed by atoms with E-state index in [1.807, 2.05) is 38.1 Å². The molecule has 0 aliphatic heterocycles. The molecule has 6 heteroatoms. The molecule has 0 unspecified atom stereocenters.